The molecule has 1 aliphatic rings. The first kappa shape index (κ1) is 5.09. The minimum Gasteiger partial charge on any atom is -0.208 e. The predicted octanol–water partition coefficient (Wildman–Crippen LogP) is 0.986. The summed E-state index contributed by atoms with van der Waals surface area (Å²) in [6, 6.07) is 0. The van der Waals surface area contributed by atoms with Crippen LogP contribution in [0.15, 0.2) is 0 Å². The van der Waals surface area contributed by atoms with Crippen molar-refractivity contribution >= 4 is 8.25 Å². The summed E-state index contributed by atoms with van der Waals surface area (Å²) in [5, 5.41) is 0. The van der Waals surface area contributed by atoms with Gasteiger partial charge in [-0.05, 0) is 0 Å². The predicted molar refractivity (Wildman–Crippen MR) is 19.5 cm³/mol. The SMILES string of the molecule is O=[P+]1OCC(F)O1. The van der Waals surface area contributed by atoms with Crippen molar-refractivity contribution in [2.45, 2.75) is 6.36 Å². The number of hydrogen-bond acceptors (Lipinski definition) is 3. The molecule has 40 valence electrons. The summed E-state index contributed by atoms with van der Waals surface area (Å²) >= 11 is 0. The molecule has 0 spiro atoms. The van der Waals surface area contributed by atoms with Crippen LogP contribution in [-0.4, -0.2) is 13.0 Å². The van der Waals surface area contributed by atoms with Gasteiger partial charge in [-0.25, -0.2) is 4.39 Å². The van der Waals surface area contributed by atoms with E-state index in [0.717, 1.165) is 0 Å². The molecule has 0 bridgehead atoms. The highest BCUT2D eigenvalue weighted by atomic mass is 31.1. The van der Waals surface area contributed by atoms with Crippen LogP contribution in [-0.2, 0) is 13.6 Å². The summed E-state index contributed by atoms with van der Waals surface area (Å²) in [4.78, 5) is 0. The van der Waals surface area contributed by atoms with Gasteiger partial charge in [0, 0.05) is 4.57 Å². The van der Waals surface area contributed by atoms with Crippen LogP contribution >= 0.6 is 8.25 Å². The van der Waals surface area contributed by atoms with Crippen LogP contribution < -0.4 is 0 Å². The van der Waals surface area contributed by atoms with Gasteiger partial charge in [-0.1, -0.05) is 4.52 Å². The van der Waals surface area contributed by atoms with Gasteiger partial charge in [0.2, 0.25) is 0 Å². The normalized spacial score (nSPS) is 36.7. The van der Waals surface area contributed by atoms with Crippen molar-refractivity contribution in [3.8, 4) is 0 Å². The summed E-state index contributed by atoms with van der Waals surface area (Å²) in [5.41, 5.74) is 0. The maximum absolute atomic E-state index is 11.6. The van der Waals surface area contributed by atoms with E-state index in [0.29, 0.717) is 0 Å². The van der Waals surface area contributed by atoms with E-state index in [2.05, 4.69) is 9.05 Å². The van der Waals surface area contributed by atoms with Crippen molar-refractivity contribution in [3.05, 3.63) is 0 Å². The number of hydrogen-bond donors (Lipinski definition) is 0. The van der Waals surface area contributed by atoms with E-state index in [4.69, 9.17) is 0 Å². The Bertz CT molecular complexity index is 94.9. The molecule has 0 N–H and O–H groups in total. The van der Waals surface area contributed by atoms with E-state index in [1.165, 1.54) is 0 Å². The largest absolute Gasteiger partial charge is 0.700 e. The molecule has 7 heavy (non-hydrogen) atoms. The molecular weight excluding hydrogens is 122 g/mol. The van der Waals surface area contributed by atoms with E-state index < -0.39 is 14.6 Å². The Hall–Kier alpha value is -0.0500. The second kappa shape index (κ2) is 1.82. The molecule has 0 aliphatic carbocycles. The van der Waals surface area contributed by atoms with Crippen LogP contribution in [0.4, 0.5) is 4.39 Å². The van der Waals surface area contributed by atoms with E-state index >= 15 is 0 Å². The number of halogens is 1. The standard InChI is InChI=1S/C2H3FO3P/c3-2-1-5-7(4)6-2/h2H,1H2/q+1. The van der Waals surface area contributed by atoms with Crippen LogP contribution in [0.5, 0.6) is 0 Å². The van der Waals surface area contributed by atoms with Crippen molar-refractivity contribution in [1.29, 1.82) is 0 Å². The fourth-order valence-electron chi connectivity index (χ4n) is 0.274. The van der Waals surface area contributed by atoms with Crippen LogP contribution in [0.1, 0.15) is 0 Å². The highest BCUT2D eigenvalue weighted by molar-refractivity contribution is 7.33. The average Bonchev–Trinajstić information content (AvgIpc) is 1.87. The Labute approximate surface area is 40.4 Å². The molecule has 1 rings (SSSR count). The zero-order valence-electron chi connectivity index (χ0n) is 3.33. The fourth-order valence-corrected chi connectivity index (χ4v) is 0.821. The maximum atomic E-state index is 11.6. The topological polar surface area (TPSA) is 35.5 Å². The molecule has 3 nitrogen and oxygen atoms in total. The second-order valence-electron chi connectivity index (χ2n) is 1.03. The summed E-state index contributed by atoms with van der Waals surface area (Å²) in [6.45, 7) is -0.199. The van der Waals surface area contributed by atoms with Gasteiger partial charge in [0.15, 0.2) is 6.61 Å². The molecule has 1 fully saturated rings. The molecule has 5 heteroatoms. The molecule has 1 heterocycles. The first-order valence-electron chi connectivity index (χ1n) is 1.70. The van der Waals surface area contributed by atoms with Gasteiger partial charge < -0.3 is 0 Å². The third kappa shape index (κ3) is 1.16. The first-order valence-corrected chi connectivity index (χ1v) is 2.79. The number of alkyl halides is 1. The van der Waals surface area contributed by atoms with Crippen molar-refractivity contribution in [2.75, 3.05) is 6.61 Å². The molecule has 1 saturated heterocycles. The fraction of sp³-hybridized carbons (Fsp3) is 1.00. The monoisotopic (exact) mass is 125 g/mol. The Kier molecular flexibility index (Phi) is 1.32. The van der Waals surface area contributed by atoms with Gasteiger partial charge in [0.05, 0.1) is 0 Å². The molecule has 0 radical (unpaired) electrons. The third-order valence-electron chi connectivity index (χ3n) is 0.511. The van der Waals surface area contributed by atoms with Crippen molar-refractivity contribution < 1.29 is 18.0 Å². The lowest BCUT2D eigenvalue weighted by molar-refractivity contribution is 0.0919. The van der Waals surface area contributed by atoms with Gasteiger partial charge in [0.25, 0.3) is 6.36 Å². The molecule has 0 saturated carbocycles. The molecular formula is C2H3FO3P+. The minimum atomic E-state index is -2.13. The van der Waals surface area contributed by atoms with Gasteiger partial charge in [-0.3, -0.25) is 0 Å². The molecule has 1 aliphatic heterocycles. The molecule has 2 atom stereocenters. The van der Waals surface area contributed by atoms with E-state index in [9.17, 15) is 8.96 Å². The summed E-state index contributed by atoms with van der Waals surface area (Å²) in [5.74, 6) is 0. The average molecular weight is 125 g/mol. The van der Waals surface area contributed by atoms with Gasteiger partial charge in [-0.15, -0.1) is 4.52 Å². The zero-order chi connectivity index (χ0) is 5.28. The molecule has 0 aromatic heterocycles. The van der Waals surface area contributed by atoms with Gasteiger partial charge >= 0.3 is 8.25 Å². The van der Waals surface area contributed by atoms with E-state index in [1.54, 1.807) is 0 Å². The summed E-state index contributed by atoms with van der Waals surface area (Å²) in [6.07, 6.45) is -1.48. The lowest BCUT2D eigenvalue weighted by Crippen LogP contribution is -1.97. The Balaban J connectivity index is 2.40. The quantitative estimate of drug-likeness (QED) is 0.453. The van der Waals surface area contributed by atoms with Crippen LogP contribution in [0.2, 0.25) is 0 Å². The van der Waals surface area contributed by atoms with Gasteiger partial charge in [0.1, 0.15) is 0 Å². The smallest absolute Gasteiger partial charge is 0.208 e. The van der Waals surface area contributed by atoms with Crippen LogP contribution in [0.3, 0.4) is 0 Å². The highest BCUT2D eigenvalue weighted by Crippen LogP contribution is 2.33. The van der Waals surface area contributed by atoms with Crippen LogP contribution in [0, 0.1) is 0 Å². The van der Waals surface area contributed by atoms with Crippen molar-refractivity contribution in [2.24, 2.45) is 0 Å². The Morgan fingerprint density at radius 3 is 2.71 bits per heavy atom. The van der Waals surface area contributed by atoms with Gasteiger partial charge in [-0.2, -0.15) is 0 Å². The molecule has 2 unspecified atom stereocenters. The number of rotatable bonds is 0. The first-order chi connectivity index (χ1) is 3.29. The van der Waals surface area contributed by atoms with E-state index in [1.807, 2.05) is 0 Å². The summed E-state index contributed by atoms with van der Waals surface area (Å²) < 4.78 is 29.7. The summed E-state index contributed by atoms with van der Waals surface area (Å²) in [7, 11) is -2.13. The molecule has 0 aromatic carbocycles. The second-order valence-corrected chi connectivity index (χ2v) is 1.95. The molecule has 0 amide bonds. The highest BCUT2D eigenvalue weighted by Gasteiger charge is 2.37. The zero-order valence-corrected chi connectivity index (χ0v) is 4.23. The maximum Gasteiger partial charge on any atom is 0.700 e. The minimum absolute atomic E-state index is 0.199. The lowest BCUT2D eigenvalue weighted by atomic mass is 10.8. The Morgan fingerprint density at radius 2 is 2.57 bits per heavy atom. The van der Waals surface area contributed by atoms with Crippen molar-refractivity contribution in [1.82, 2.24) is 0 Å². The van der Waals surface area contributed by atoms with E-state index in [-0.39, 0.29) is 6.61 Å². The van der Waals surface area contributed by atoms with Crippen LogP contribution in [0.25, 0.3) is 0 Å². The third-order valence-corrected chi connectivity index (χ3v) is 1.27. The Morgan fingerprint density at radius 1 is 1.86 bits per heavy atom. The lowest BCUT2D eigenvalue weighted by Gasteiger charge is -1.75. The van der Waals surface area contributed by atoms with Crippen molar-refractivity contribution in [3.63, 3.8) is 0 Å². The molecule has 0 aromatic rings.